The smallest absolute Gasteiger partial charge is 0.171 e. The Morgan fingerprint density at radius 1 is 1.15 bits per heavy atom. The average molecular weight is 356 g/mol. The number of benzene rings is 1. The van der Waals surface area contributed by atoms with E-state index in [4.69, 9.17) is 15.2 Å². The molecule has 1 fully saturated rings. The van der Waals surface area contributed by atoms with Gasteiger partial charge < -0.3 is 19.8 Å². The van der Waals surface area contributed by atoms with E-state index in [9.17, 15) is 0 Å². The maximum atomic E-state index is 6.06. The number of nitrogens with two attached hydrogens (primary N) is 1. The Hall–Kier alpha value is -1.92. The molecule has 26 heavy (non-hydrogen) atoms. The Bertz CT molecular complexity index is 752. The van der Waals surface area contributed by atoms with Crippen LogP contribution in [0.1, 0.15) is 54.4 Å². The summed E-state index contributed by atoms with van der Waals surface area (Å²) < 4.78 is 13.5. The molecule has 0 amide bonds. The van der Waals surface area contributed by atoms with Crippen molar-refractivity contribution >= 4 is 0 Å². The molecule has 1 heterocycles. The second-order valence-corrected chi connectivity index (χ2v) is 7.47. The summed E-state index contributed by atoms with van der Waals surface area (Å²) in [7, 11) is 1.71. The van der Waals surface area contributed by atoms with Crippen LogP contribution in [-0.4, -0.2) is 34.5 Å². The minimum atomic E-state index is 0.294. The molecule has 0 unspecified atom stereocenters. The van der Waals surface area contributed by atoms with Gasteiger partial charge in [-0.1, -0.05) is 6.07 Å². The molecule has 0 atom stereocenters. The molecule has 1 aromatic heterocycles. The van der Waals surface area contributed by atoms with Gasteiger partial charge in [0.15, 0.2) is 5.82 Å². The highest BCUT2D eigenvalue weighted by Gasteiger charge is 2.32. The highest BCUT2D eigenvalue weighted by Crippen LogP contribution is 2.35. The topological polar surface area (TPSA) is 75.2 Å². The van der Waals surface area contributed by atoms with Crippen LogP contribution in [0.3, 0.4) is 0 Å². The van der Waals surface area contributed by atoms with Gasteiger partial charge in [-0.05, 0) is 61.8 Å². The van der Waals surface area contributed by atoms with Crippen LogP contribution in [0.5, 0.6) is 5.75 Å². The van der Waals surface area contributed by atoms with E-state index in [-0.39, 0.29) is 0 Å². The number of rotatable bonds is 7. The van der Waals surface area contributed by atoms with Crippen molar-refractivity contribution < 1.29 is 9.47 Å². The van der Waals surface area contributed by atoms with Crippen molar-refractivity contribution in [3.8, 4) is 5.75 Å². The van der Waals surface area contributed by atoms with E-state index < -0.39 is 0 Å². The third kappa shape index (κ3) is 3.62. The van der Waals surface area contributed by atoms with Crippen molar-refractivity contribution in [3.63, 3.8) is 0 Å². The summed E-state index contributed by atoms with van der Waals surface area (Å²) in [4.78, 5) is 0. The molecule has 140 valence electrons. The summed E-state index contributed by atoms with van der Waals surface area (Å²) >= 11 is 0. The van der Waals surface area contributed by atoms with E-state index >= 15 is 0 Å². The average Bonchev–Trinajstić information content (AvgIpc) is 3.04. The molecule has 0 radical (unpaired) electrons. The van der Waals surface area contributed by atoms with Gasteiger partial charge in [0.05, 0.1) is 6.61 Å². The summed E-state index contributed by atoms with van der Waals surface area (Å²) in [6, 6.07) is 6.77. The van der Waals surface area contributed by atoms with Crippen molar-refractivity contribution in [1.82, 2.24) is 14.8 Å². The van der Waals surface area contributed by atoms with Gasteiger partial charge in [-0.25, -0.2) is 0 Å². The third-order valence-electron chi connectivity index (χ3n) is 5.60. The van der Waals surface area contributed by atoms with Gasteiger partial charge in [0, 0.05) is 25.6 Å². The predicted octanol–water partition coefficient (Wildman–Crippen LogP) is 2.59. The summed E-state index contributed by atoms with van der Waals surface area (Å²) in [5.74, 6) is 3.20. The first-order chi connectivity index (χ1) is 12.7. The molecule has 2 aliphatic rings. The van der Waals surface area contributed by atoms with Crippen molar-refractivity contribution in [3.05, 3.63) is 41.0 Å². The standard InChI is InChI=1S/C20H28N4O2/c1-25-9-8-24-19(22-23-20(24)16-10-17(21)11-16)13-26-18-7-6-14-4-2-3-5-15(14)12-18/h6-7,12,16-17H,2-5,8-11,13,21H2,1H3. The van der Waals surface area contributed by atoms with Gasteiger partial charge in [-0.3, -0.25) is 0 Å². The minimum Gasteiger partial charge on any atom is -0.486 e. The van der Waals surface area contributed by atoms with Gasteiger partial charge in [0.25, 0.3) is 0 Å². The molecule has 6 nitrogen and oxygen atoms in total. The van der Waals surface area contributed by atoms with Crippen molar-refractivity contribution in [2.75, 3.05) is 13.7 Å². The molecule has 1 aromatic carbocycles. The Labute approximate surface area is 154 Å². The first kappa shape index (κ1) is 17.5. The van der Waals surface area contributed by atoms with Gasteiger partial charge >= 0.3 is 0 Å². The van der Waals surface area contributed by atoms with E-state index in [1.807, 2.05) is 0 Å². The lowest BCUT2D eigenvalue weighted by atomic mass is 9.80. The van der Waals surface area contributed by atoms with E-state index in [0.29, 0.717) is 25.2 Å². The third-order valence-corrected chi connectivity index (χ3v) is 5.60. The monoisotopic (exact) mass is 356 g/mol. The van der Waals surface area contributed by atoms with Crippen molar-refractivity contribution in [1.29, 1.82) is 0 Å². The van der Waals surface area contributed by atoms with Crippen LogP contribution in [0.25, 0.3) is 0 Å². The molecule has 0 spiro atoms. The van der Waals surface area contributed by atoms with E-state index in [1.165, 1.54) is 30.4 Å². The second-order valence-electron chi connectivity index (χ2n) is 7.47. The number of aryl methyl sites for hydroxylation is 2. The zero-order chi connectivity index (χ0) is 17.9. The summed E-state index contributed by atoms with van der Waals surface area (Å²) in [5, 5.41) is 8.82. The maximum absolute atomic E-state index is 6.06. The van der Waals surface area contributed by atoms with Gasteiger partial charge in [0.2, 0.25) is 0 Å². The fourth-order valence-electron chi connectivity index (χ4n) is 4.00. The van der Waals surface area contributed by atoms with Gasteiger partial charge in [0.1, 0.15) is 18.2 Å². The fraction of sp³-hybridized carbons (Fsp3) is 0.600. The molecule has 4 rings (SSSR count). The van der Waals surface area contributed by atoms with Gasteiger partial charge in [-0.2, -0.15) is 0 Å². The summed E-state index contributed by atoms with van der Waals surface area (Å²) in [6.45, 7) is 1.80. The van der Waals surface area contributed by atoms with E-state index in [0.717, 1.165) is 43.2 Å². The largest absolute Gasteiger partial charge is 0.486 e. The Kier molecular flexibility index (Phi) is 5.22. The Morgan fingerprint density at radius 2 is 1.96 bits per heavy atom. The maximum Gasteiger partial charge on any atom is 0.171 e. The number of hydrogen-bond acceptors (Lipinski definition) is 5. The zero-order valence-corrected chi connectivity index (χ0v) is 15.5. The van der Waals surface area contributed by atoms with E-state index in [2.05, 4.69) is 33.0 Å². The number of nitrogens with zero attached hydrogens (tertiary/aromatic N) is 3. The summed E-state index contributed by atoms with van der Waals surface area (Å²) in [6.07, 6.45) is 6.88. The number of aromatic nitrogens is 3. The first-order valence-corrected chi connectivity index (χ1v) is 9.65. The Morgan fingerprint density at radius 3 is 2.73 bits per heavy atom. The highest BCUT2D eigenvalue weighted by atomic mass is 16.5. The molecule has 0 saturated heterocycles. The fourth-order valence-corrected chi connectivity index (χ4v) is 4.00. The van der Waals surface area contributed by atoms with Crippen LogP contribution >= 0.6 is 0 Å². The lowest BCUT2D eigenvalue weighted by molar-refractivity contribution is 0.180. The van der Waals surface area contributed by atoms with Crippen LogP contribution in [0.4, 0.5) is 0 Å². The summed E-state index contributed by atoms with van der Waals surface area (Å²) in [5.41, 5.74) is 8.84. The molecule has 0 bridgehead atoms. The molecular formula is C20H28N4O2. The van der Waals surface area contributed by atoms with Crippen LogP contribution in [-0.2, 0) is 30.7 Å². The van der Waals surface area contributed by atoms with Crippen molar-refractivity contribution in [2.45, 2.75) is 63.6 Å². The molecular weight excluding hydrogens is 328 g/mol. The first-order valence-electron chi connectivity index (χ1n) is 9.65. The quantitative estimate of drug-likeness (QED) is 0.825. The van der Waals surface area contributed by atoms with Crippen LogP contribution in [0.15, 0.2) is 18.2 Å². The van der Waals surface area contributed by atoms with Crippen LogP contribution in [0.2, 0.25) is 0 Å². The molecule has 2 N–H and O–H groups in total. The molecule has 2 aliphatic carbocycles. The number of methoxy groups -OCH3 is 1. The van der Waals surface area contributed by atoms with Crippen LogP contribution in [0, 0.1) is 0 Å². The molecule has 2 aromatic rings. The normalized spacial score (nSPS) is 21.9. The van der Waals surface area contributed by atoms with Gasteiger partial charge in [-0.15, -0.1) is 10.2 Å². The van der Waals surface area contributed by atoms with Crippen molar-refractivity contribution in [2.24, 2.45) is 5.73 Å². The lowest BCUT2D eigenvalue weighted by Crippen LogP contribution is -2.36. The number of hydrogen-bond donors (Lipinski definition) is 1. The molecule has 1 saturated carbocycles. The number of fused-ring (bicyclic) bond motifs is 1. The number of ether oxygens (including phenoxy) is 2. The second kappa shape index (κ2) is 7.76. The molecule has 6 heteroatoms. The minimum absolute atomic E-state index is 0.294. The Balaban J connectivity index is 1.47. The lowest BCUT2D eigenvalue weighted by Gasteiger charge is -2.31. The predicted molar refractivity (Wildman–Crippen MR) is 99.3 cm³/mol. The van der Waals surface area contributed by atoms with Crippen LogP contribution < -0.4 is 10.5 Å². The SMILES string of the molecule is COCCn1c(COc2ccc3c(c2)CCCC3)nnc1C1CC(N)C1. The zero-order valence-electron chi connectivity index (χ0n) is 15.5. The highest BCUT2D eigenvalue weighted by molar-refractivity contribution is 5.37. The molecule has 0 aliphatic heterocycles. The van der Waals surface area contributed by atoms with E-state index in [1.54, 1.807) is 7.11 Å².